The highest BCUT2D eigenvalue weighted by Crippen LogP contribution is 2.67. The van der Waals surface area contributed by atoms with Gasteiger partial charge in [0.1, 0.15) is 17.3 Å². The van der Waals surface area contributed by atoms with E-state index in [0.29, 0.717) is 76.1 Å². The number of carbonyl (C=O) groups is 4. The fraction of sp³-hybridized carbons (Fsp3) is 0.558. The smallest absolute Gasteiger partial charge is 0.404 e. The number of hydrogen-bond donors (Lipinski definition) is 8. The number of carbonyl (C=O) groups excluding carboxylic acids is 4. The summed E-state index contributed by atoms with van der Waals surface area (Å²) in [5, 5.41) is 46.8. The number of methoxy groups -OCH3 is 2. The van der Waals surface area contributed by atoms with Crippen LogP contribution in [-0.2, 0) is 36.3 Å². The van der Waals surface area contributed by atoms with Crippen LogP contribution in [0.5, 0.6) is 5.75 Å². The van der Waals surface area contributed by atoms with Crippen molar-refractivity contribution in [2.45, 2.75) is 99.5 Å². The topological polar surface area (TPSA) is 317 Å². The normalized spacial score (nSPS) is 31.4. The molecule has 10 atom stereocenters. The molecule has 3 fully saturated rings. The molecule has 0 radical (unpaired) electrons. The van der Waals surface area contributed by atoms with E-state index in [1.807, 2.05) is 62.2 Å². The molecule has 6 aliphatic rings. The Morgan fingerprint density at radius 3 is 2.35 bits per heavy atom. The molecule has 5 aliphatic heterocycles. The lowest BCUT2D eigenvalue weighted by atomic mass is 9.47. The SMILES string of the molecule is CCOC(N)=O.CC[C@]1(O)C[C@H]2CN(CCc3c([nH]c4ccccc34)[C@@](C(=O)OC)(c3cc4c(cc3OC)N(C)[C@H]3[C@@](O)(C(N)=O)[C@H](O)[C@]5(CC)C=CCN6CC[C@]43[C@@H]65)C2)C1.CN(C)N=Nc1nc[nH]c1C(N)=O. The van der Waals surface area contributed by atoms with Gasteiger partial charge in [0.2, 0.25) is 5.82 Å². The third kappa shape index (κ3) is 8.43. The summed E-state index contributed by atoms with van der Waals surface area (Å²) >= 11 is 0. The van der Waals surface area contributed by atoms with E-state index in [9.17, 15) is 29.7 Å². The number of nitrogens with zero attached hydrogens (tertiary/aromatic N) is 7. The maximum atomic E-state index is 15.2. The van der Waals surface area contributed by atoms with Gasteiger partial charge >= 0.3 is 12.1 Å². The van der Waals surface area contributed by atoms with Gasteiger partial charge in [0, 0.05) is 98.1 Å². The Kier molecular flexibility index (Phi) is 14.7. The summed E-state index contributed by atoms with van der Waals surface area (Å²) in [4.78, 5) is 66.0. The number of esters is 1. The number of primary amides is 3. The standard InChI is InChI=1S/C43H55N5O7.C6H10N6O.C3H7NO2/c1-6-39(52)21-25-22-42(38(51)55-5,33-27(13-17-47(23-25)24-39)26-11-8-9-12-30(26)45-33)29-19-28-31(20-32(29)54-4)46(3)35-41(28)15-18-48-16-10-14-40(7-2,34(41)48)36(49)43(35,53)37(44)50;1-12(2)11-10-6-4(5(7)13)8-3-9-6;1-2-6-3(4)5/h8-12,14,19-20,25,34-36,45,49,52-53H,6-7,13,15-18,21-24H2,1-5H3,(H2,44,50);3H,1-2H3,(H2,7,13)(H,8,9);2H2,1H3,(H2,4,5)/t25-,34+,35-,36-,39+,40-,41-,42+,43+;;/m1../s1. The zero-order valence-corrected chi connectivity index (χ0v) is 43.6. The van der Waals surface area contributed by atoms with E-state index in [1.54, 1.807) is 28.1 Å². The molecule has 1 spiro atoms. The van der Waals surface area contributed by atoms with Crippen LogP contribution in [0.4, 0.5) is 16.3 Å². The number of benzene rings is 2. The average Bonchev–Trinajstić information content (AvgIpc) is 4.18. The second-order valence-electron chi connectivity index (χ2n) is 20.7. The molecule has 2 aromatic heterocycles. The van der Waals surface area contributed by atoms with Crippen molar-refractivity contribution in [3.63, 3.8) is 0 Å². The summed E-state index contributed by atoms with van der Waals surface area (Å²) < 4.78 is 16.4. The third-order valence-corrected chi connectivity index (χ3v) is 16.7. The number of hydrogen-bond acceptors (Lipinski definition) is 16. The average molecular weight is 1030 g/mol. The van der Waals surface area contributed by atoms with Gasteiger partial charge in [0.15, 0.2) is 11.3 Å². The van der Waals surface area contributed by atoms with Crippen molar-refractivity contribution < 1.29 is 48.7 Å². The molecule has 22 nitrogen and oxygen atoms in total. The van der Waals surface area contributed by atoms with E-state index in [1.165, 1.54) is 18.4 Å². The minimum atomic E-state index is -2.30. The quantitative estimate of drug-likeness (QED) is 0.0490. The Balaban J connectivity index is 0.000000324. The van der Waals surface area contributed by atoms with Crippen LogP contribution in [0.15, 0.2) is 65.2 Å². The number of piperidine rings is 1. The monoisotopic (exact) mass is 1020 g/mol. The van der Waals surface area contributed by atoms with Crippen LogP contribution >= 0.6 is 0 Å². The fourth-order valence-corrected chi connectivity index (χ4v) is 13.9. The largest absolute Gasteiger partial charge is 0.496 e. The minimum absolute atomic E-state index is 0.0790. The lowest BCUT2D eigenvalue weighted by Crippen LogP contribution is -2.81. The molecule has 10 rings (SSSR count). The minimum Gasteiger partial charge on any atom is -0.496 e. The zero-order chi connectivity index (χ0) is 53.7. The molecule has 1 aliphatic carbocycles. The summed E-state index contributed by atoms with van der Waals surface area (Å²) in [6.45, 7) is 9.45. The van der Waals surface area contributed by atoms with E-state index in [0.717, 1.165) is 46.5 Å². The van der Waals surface area contributed by atoms with Gasteiger partial charge < -0.3 is 61.6 Å². The number of aliphatic hydroxyl groups excluding tert-OH is 1. The first-order chi connectivity index (χ1) is 35.2. The van der Waals surface area contributed by atoms with E-state index in [4.69, 9.17) is 20.9 Å². The molecular formula is C52H72N12O10. The van der Waals surface area contributed by atoms with Crippen molar-refractivity contribution in [3.05, 3.63) is 83.0 Å². The van der Waals surface area contributed by atoms with Crippen LogP contribution < -0.4 is 26.8 Å². The van der Waals surface area contributed by atoms with Crippen molar-refractivity contribution in [2.24, 2.45) is 38.9 Å². The molecule has 2 bridgehead atoms. The molecule has 3 amide bonds. The molecule has 22 heteroatoms. The van der Waals surface area contributed by atoms with Gasteiger partial charge in [0.25, 0.3) is 11.8 Å². The van der Waals surface area contributed by atoms with Crippen LogP contribution in [0.25, 0.3) is 10.9 Å². The van der Waals surface area contributed by atoms with E-state index in [-0.39, 0.29) is 23.5 Å². The number of rotatable bonds is 10. The van der Waals surface area contributed by atoms with E-state index >= 15 is 4.79 Å². The van der Waals surface area contributed by atoms with Crippen molar-refractivity contribution in [3.8, 4) is 5.75 Å². The van der Waals surface area contributed by atoms with Gasteiger partial charge in [0.05, 0.1) is 38.8 Å². The highest BCUT2D eigenvalue weighted by molar-refractivity contribution is 5.96. The highest BCUT2D eigenvalue weighted by Gasteiger charge is 2.78. The van der Waals surface area contributed by atoms with Crippen LogP contribution in [0, 0.1) is 11.3 Å². The summed E-state index contributed by atoms with van der Waals surface area (Å²) in [7, 11) is 8.31. The second-order valence-corrected chi connectivity index (χ2v) is 20.7. The Bertz CT molecular complexity index is 2850. The number of para-hydroxylation sites is 1. The van der Waals surface area contributed by atoms with Gasteiger partial charge in [-0.1, -0.05) is 49.4 Å². The van der Waals surface area contributed by atoms with Crippen molar-refractivity contribution in [1.29, 1.82) is 0 Å². The fourth-order valence-electron chi connectivity index (χ4n) is 13.9. The second kappa shape index (κ2) is 20.3. The summed E-state index contributed by atoms with van der Waals surface area (Å²) in [6, 6.07) is 11.0. The summed E-state index contributed by atoms with van der Waals surface area (Å²) in [5.74, 6) is -1.41. The number of anilines is 1. The first kappa shape index (κ1) is 53.7. The van der Waals surface area contributed by atoms with Crippen molar-refractivity contribution >= 4 is 46.3 Å². The predicted molar refractivity (Wildman–Crippen MR) is 275 cm³/mol. The zero-order valence-electron chi connectivity index (χ0n) is 43.6. The number of nitrogens with two attached hydrogens (primary N) is 3. The number of ether oxygens (including phenoxy) is 3. The van der Waals surface area contributed by atoms with Gasteiger partial charge in [-0.2, -0.15) is 0 Å². The summed E-state index contributed by atoms with van der Waals surface area (Å²) in [6.07, 6.45) is 6.41. The van der Waals surface area contributed by atoms with Gasteiger partial charge in [-0.3, -0.25) is 29.2 Å². The van der Waals surface area contributed by atoms with Crippen LogP contribution in [0.3, 0.4) is 0 Å². The number of imidazole rings is 1. The van der Waals surface area contributed by atoms with E-state index < -0.39 is 63.5 Å². The van der Waals surface area contributed by atoms with Crippen molar-refractivity contribution in [1.82, 2.24) is 29.8 Å². The number of aromatic amines is 2. The van der Waals surface area contributed by atoms with E-state index in [2.05, 4.69) is 57.7 Å². The van der Waals surface area contributed by atoms with Gasteiger partial charge in [-0.15, -0.1) is 5.11 Å². The maximum absolute atomic E-state index is 15.2. The molecular weight excluding hydrogens is 953 g/mol. The van der Waals surface area contributed by atoms with Crippen molar-refractivity contribution in [2.75, 3.05) is 79.6 Å². The molecule has 1 saturated carbocycles. The van der Waals surface area contributed by atoms with Gasteiger partial charge in [-0.25, -0.2) is 9.78 Å². The molecule has 74 heavy (non-hydrogen) atoms. The number of likely N-dealkylation sites (N-methyl/N-ethyl adjacent to an activating group) is 1. The first-order valence-corrected chi connectivity index (χ1v) is 25.2. The summed E-state index contributed by atoms with van der Waals surface area (Å²) in [5.41, 5.74) is 14.5. The molecule has 4 aromatic rings. The number of fused-ring (bicyclic) bond motifs is 6. The molecule has 2 aromatic carbocycles. The first-order valence-electron chi connectivity index (χ1n) is 25.2. The molecule has 2 saturated heterocycles. The number of aromatic nitrogens is 3. The van der Waals surface area contributed by atoms with Gasteiger partial charge in [-0.05, 0) is 81.2 Å². The Morgan fingerprint density at radius 2 is 1.73 bits per heavy atom. The number of aliphatic hydroxyl groups is 3. The molecule has 11 N–H and O–H groups in total. The third-order valence-electron chi connectivity index (χ3n) is 16.7. The van der Waals surface area contributed by atoms with Crippen LogP contribution in [0.1, 0.15) is 85.7 Å². The number of nitrogens with one attached hydrogen (secondary N) is 2. The lowest BCUT2D eigenvalue weighted by Gasteiger charge is -2.63. The predicted octanol–water partition coefficient (Wildman–Crippen LogP) is 2.90. The maximum Gasteiger partial charge on any atom is 0.404 e. The van der Waals surface area contributed by atoms with Crippen LogP contribution in [-0.4, -0.2) is 173 Å². The number of amides is 3. The van der Waals surface area contributed by atoms with Crippen LogP contribution in [0.2, 0.25) is 0 Å². The number of H-pyrrole nitrogens is 2. The molecule has 7 heterocycles. The molecule has 1 unspecified atom stereocenters. The Hall–Kier alpha value is -6.59. The molecule has 400 valence electrons. The Labute approximate surface area is 430 Å². The lowest BCUT2D eigenvalue weighted by molar-refractivity contribution is -0.201. The highest BCUT2D eigenvalue weighted by atomic mass is 16.5. The Morgan fingerprint density at radius 1 is 0.986 bits per heavy atom.